The van der Waals surface area contributed by atoms with E-state index in [4.69, 9.17) is 9.47 Å². The lowest BCUT2D eigenvalue weighted by Gasteiger charge is -2.44. The standard InChI is InChI=1S/C23H41NO2/c1-8-14-24(16-18(2)3)15-11-21-17-25-23(26-21)12-9-20(10-13-23)22(6,7)19(4)5/h8,19-21H,1-2,9-17H2,3-7H3. The molecule has 3 heteroatoms. The van der Waals surface area contributed by atoms with Gasteiger partial charge in [-0.05, 0) is 43.4 Å². The SMILES string of the molecule is C=CCN(CCC1COC2(CCC(C(C)(C)C(C)C)CC2)O1)CC(=C)C. The lowest BCUT2D eigenvalue weighted by atomic mass is 9.64. The highest BCUT2D eigenvalue weighted by Gasteiger charge is 2.47. The Morgan fingerprint density at radius 1 is 1.31 bits per heavy atom. The van der Waals surface area contributed by atoms with Crippen LogP contribution in [0.25, 0.3) is 0 Å². The molecule has 2 fully saturated rings. The van der Waals surface area contributed by atoms with E-state index in [1.807, 2.05) is 6.08 Å². The molecule has 150 valence electrons. The Morgan fingerprint density at radius 2 is 1.96 bits per heavy atom. The summed E-state index contributed by atoms with van der Waals surface area (Å²) in [4.78, 5) is 2.38. The van der Waals surface area contributed by atoms with E-state index in [0.29, 0.717) is 11.3 Å². The molecule has 1 aliphatic carbocycles. The molecule has 0 bridgehead atoms. The van der Waals surface area contributed by atoms with E-state index in [1.165, 1.54) is 18.4 Å². The van der Waals surface area contributed by atoms with Gasteiger partial charge in [0.15, 0.2) is 5.79 Å². The van der Waals surface area contributed by atoms with Gasteiger partial charge in [-0.3, -0.25) is 4.90 Å². The highest BCUT2D eigenvalue weighted by molar-refractivity contribution is 4.94. The van der Waals surface area contributed by atoms with Crippen LogP contribution in [0.3, 0.4) is 0 Å². The normalized spacial score (nSPS) is 29.7. The van der Waals surface area contributed by atoms with Crippen molar-refractivity contribution in [2.24, 2.45) is 17.3 Å². The van der Waals surface area contributed by atoms with Gasteiger partial charge < -0.3 is 9.47 Å². The van der Waals surface area contributed by atoms with E-state index in [9.17, 15) is 0 Å². The molecule has 0 N–H and O–H groups in total. The fourth-order valence-corrected chi connectivity index (χ4v) is 4.42. The van der Waals surface area contributed by atoms with Crippen molar-refractivity contribution in [3.63, 3.8) is 0 Å². The molecule has 26 heavy (non-hydrogen) atoms. The van der Waals surface area contributed by atoms with Gasteiger partial charge in [0.1, 0.15) is 0 Å². The van der Waals surface area contributed by atoms with E-state index >= 15 is 0 Å². The summed E-state index contributed by atoms with van der Waals surface area (Å²) in [6.07, 6.45) is 7.74. The van der Waals surface area contributed by atoms with E-state index < -0.39 is 0 Å². The lowest BCUT2D eigenvalue weighted by molar-refractivity contribution is -0.198. The molecule has 3 nitrogen and oxygen atoms in total. The fraction of sp³-hybridized carbons (Fsp3) is 0.826. The summed E-state index contributed by atoms with van der Waals surface area (Å²) >= 11 is 0. The summed E-state index contributed by atoms with van der Waals surface area (Å²) in [6.45, 7) is 23.1. The van der Waals surface area contributed by atoms with Gasteiger partial charge in [-0.15, -0.1) is 6.58 Å². The fourth-order valence-electron chi connectivity index (χ4n) is 4.42. The maximum Gasteiger partial charge on any atom is 0.168 e. The molecule has 1 unspecified atom stereocenters. The lowest BCUT2D eigenvalue weighted by Crippen LogP contribution is -2.41. The first kappa shape index (κ1) is 21.7. The van der Waals surface area contributed by atoms with Crippen molar-refractivity contribution in [1.29, 1.82) is 0 Å². The number of hydrogen-bond acceptors (Lipinski definition) is 3. The molecule has 0 aromatic heterocycles. The first-order chi connectivity index (χ1) is 12.2. The Labute approximate surface area is 161 Å². The molecule has 1 saturated carbocycles. The maximum absolute atomic E-state index is 6.45. The van der Waals surface area contributed by atoms with E-state index in [-0.39, 0.29) is 11.9 Å². The van der Waals surface area contributed by atoms with Crippen molar-refractivity contribution in [1.82, 2.24) is 4.90 Å². The smallest absolute Gasteiger partial charge is 0.168 e. The third-order valence-corrected chi connectivity index (χ3v) is 6.85. The maximum atomic E-state index is 6.45. The molecule has 0 aromatic carbocycles. The van der Waals surface area contributed by atoms with Gasteiger partial charge in [-0.2, -0.15) is 0 Å². The van der Waals surface area contributed by atoms with Gasteiger partial charge in [0.2, 0.25) is 0 Å². The Bertz CT molecular complexity index is 475. The summed E-state index contributed by atoms with van der Waals surface area (Å²) in [5, 5.41) is 0. The first-order valence-electron chi connectivity index (χ1n) is 10.5. The molecule has 0 aromatic rings. The molecule has 1 heterocycles. The van der Waals surface area contributed by atoms with Crippen LogP contribution in [0.1, 0.15) is 66.7 Å². The van der Waals surface area contributed by atoms with Crippen LogP contribution >= 0.6 is 0 Å². The molecule has 1 spiro atoms. The second-order valence-electron chi connectivity index (χ2n) is 9.48. The minimum Gasteiger partial charge on any atom is -0.347 e. The van der Waals surface area contributed by atoms with Crippen molar-refractivity contribution in [3.05, 3.63) is 24.8 Å². The predicted molar refractivity (Wildman–Crippen MR) is 110 cm³/mol. The molecular formula is C23H41NO2. The molecule has 1 atom stereocenters. The van der Waals surface area contributed by atoms with Crippen LogP contribution in [-0.4, -0.2) is 43.0 Å². The highest BCUT2D eigenvalue weighted by atomic mass is 16.7. The Hall–Kier alpha value is -0.640. The molecule has 2 aliphatic rings. The van der Waals surface area contributed by atoms with Gasteiger partial charge in [0, 0.05) is 32.5 Å². The first-order valence-corrected chi connectivity index (χ1v) is 10.5. The molecule has 0 radical (unpaired) electrons. The van der Waals surface area contributed by atoms with Crippen molar-refractivity contribution in [3.8, 4) is 0 Å². The topological polar surface area (TPSA) is 21.7 Å². The van der Waals surface area contributed by atoms with Gasteiger partial charge >= 0.3 is 0 Å². The van der Waals surface area contributed by atoms with Crippen molar-refractivity contribution < 1.29 is 9.47 Å². The van der Waals surface area contributed by atoms with E-state index in [0.717, 1.165) is 51.4 Å². The zero-order valence-corrected chi connectivity index (χ0v) is 17.9. The second-order valence-corrected chi connectivity index (χ2v) is 9.48. The molecular weight excluding hydrogens is 322 g/mol. The average Bonchev–Trinajstić information content (AvgIpc) is 2.95. The Kier molecular flexibility index (Phi) is 7.52. The largest absolute Gasteiger partial charge is 0.347 e. The number of hydrogen-bond donors (Lipinski definition) is 0. The van der Waals surface area contributed by atoms with Gasteiger partial charge in [0.05, 0.1) is 12.7 Å². The zero-order chi connectivity index (χ0) is 19.4. The van der Waals surface area contributed by atoms with E-state index in [1.54, 1.807) is 0 Å². The number of nitrogens with zero attached hydrogens (tertiary/aromatic N) is 1. The van der Waals surface area contributed by atoms with Crippen LogP contribution in [0.2, 0.25) is 0 Å². The Morgan fingerprint density at radius 3 is 2.50 bits per heavy atom. The average molecular weight is 364 g/mol. The number of rotatable bonds is 9. The van der Waals surface area contributed by atoms with Crippen LogP contribution in [0.5, 0.6) is 0 Å². The molecule has 2 rings (SSSR count). The third-order valence-electron chi connectivity index (χ3n) is 6.85. The summed E-state index contributed by atoms with van der Waals surface area (Å²) in [5.74, 6) is 1.19. The summed E-state index contributed by atoms with van der Waals surface area (Å²) < 4.78 is 12.7. The van der Waals surface area contributed by atoms with Crippen LogP contribution in [0.4, 0.5) is 0 Å². The van der Waals surface area contributed by atoms with Gasteiger partial charge in [0.25, 0.3) is 0 Å². The van der Waals surface area contributed by atoms with Crippen LogP contribution in [-0.2, 0) is 9.47 Å². The third kappa shape index (κ3) is 5.43. The molecule has 1 aliphatic heterocycles. The predicted octanol–water partition coefficient (Wildman–Crippen LogP) is 5.42. The van der Waals surface area contributed by atoms with Crippen LogP contribution in [0.15, 0.2) is 24.8 Å². The quantitative estimate of drug-likeness (QED) is 0.510. The summed E-state index contributed by atoms with van der Waals surface area (Å²) in [7, 11) is 0. The van der Waals surface area contributed by atoms with Crippen LogP contribution < -0.4 is 0 Å². The monoisotopic (exact) mass is 363 g/mol. The highest BCUT2D eigenvalue weighted by Crippen LogP contribution is 2.48. The molecule has 1 saturated heterocycles. The van der Waals surface area contributed by atoms with Crippen molar-refractivity contribution in [2.45, 2.75) is 78.6 Å². The number of ether oxygens (including phenoxy) is 2. The van der Waals surface area contributed by atoms with Crippen LogP contribution in [0, 0.1) is 17.3 Å². The van der Waals surface area contributed by atoms with Gasteiger partial charge in [-0.1, -0.05) is 45.9 Å². The summed E-state index contributed by atoms with van der Waals surface area (Å²) in [6, 6.07) is 0. The van der Waals surface area contributed by atoms with Gasteiger partial charge in [-0.25, -0.2) is 0 Å². The zero-order valence-electron chi connectivity index (χ0n) is 17.9. The molecule has 0 amide bonds. The summed E-state index contributed by atoms with van der Waals surface area (Å²) in [5.41, 5.74) is 1.59. The van der Waals surface area contributed by atoms with Crippen molar-refractivity contribution >= 4 is 0 Å². The van der Waals surface area contributed by atoms with Crippen molar-refractivity contribution in [2.75, 3.05) is 26.2 Å². The minimum atomic E-state index is -0.300. The second kappa shape index (κ2) is 9.03. The minimum absolute atomic E-state index is 0.224. The van der Waals surface area contributed by atoms with E-state index in [2.05, 4.69) is 52.7 Å². The Balaban J connectivity index is 1.81.